The Morgan fingerprint density at radius 1 is 1.43 bits per heavy atom. The lowest BCUT2D eigenvalue weighted by Gasteiger charge is -2.18. The van der Waals surface area contributed by atoms with Crippen LogP contribution in [0.15, 0.2) is 18.2 Å². The Balaban J connectivity index is 2.99. The number of para-hydroxylation sites is 1. The number of amides is 1. The fourth-order valence-electron chi connectivity index (χ4n) is 1.77. The molecule has 1 amide bonds. The van der Waals surface area contributed by atoms with Crippen LogP contribution >= 0.6 is 0 Å². The maximum atomic E-state index is 12.9. The number of nitrogens with two attached hydrogens (primary N) is 1. The number of anilines is 1. The monoisotopic (exact) mass is 305 g/mol. The summed E-state index contributed by atoms with van der Waals surface area (Å²) >= 11 is 0. The van der Waals surface area contributed by atoms with Crippen molar-refractivity contribution in [1.29, 1.82) is 0 Å². The quantitative estimate of drug-likeness (QED) is 0.556. The molecular formula is C13H18F3N3O2. The lowest BCUT2D eigenvalue weighted by molar-refractivity contribution is -0.137. The van der Waals surface area contributed by atoms with Gasteiger partial charge in [0.05, 0.1) is 23.4 Å². The number of ether oxygens (including phenoxy) is 1. The molecule has 0 bridgehead atoms. The molecule has 1 unspecified atom stereocenters. The zero-order valence-corrected chi connectivity index (χ0v) is 11.8. The lowest BCUT2D eigenvalue weighted by Crippen LogP contribution is -2.36. The van der Waals surface area contributed by atoms with Crippen molar-refractivity contribution < 1.29 is 22.7 Å². The number of benzene rings is 1. The number of halogens is 3. The largest absolute Gasteiger partial charge is 0.418 e. The molecule has 0 saturated carbocycles. The highest BCUT2D eigenvalue weighted by molar-refractivity contribution is 6.00. The van der Waals surface area contributed by atoms with Gasteiger partial charge in [-0.3, -0.25) is 10.6 Å². The van der Waals surface area contributed by atoms with Gasteiger partial charge in [-0.05, 0) is 26.0 Å². The summed E-state index contributed by atoms with van der Waals surface area (Å²) in [4.78, 5) is 12.0. The van der Waals surface area contributed by atoms with Gasteiger partial charge in [-0.15, -0.1) is 0 Å². The molecule has 0 aromatic heterocycles. The second-order valence-electron chi connectivity index (χ2n) is 4.40. The molecular weight excluding hydrogens is 287 g/mol. The molecule has 0 radical (unpaired) electrons. The van der Waals surface area contributed by atoms with Gasteiger partial charge in [-0.1, -0.05) is 6.07 Å². The van der Waals surface area contributed by atoms with Gasteiger partial charge < -0.3 is 15.5 Å². The van der Waals surface area contributed by atoms with Crippen molar-refractivity contribution in [1.82, 2.24) is 5.32 Å². The minimum absolute atomic E-state index is 0.171. The summed E-state index contributed by atoms with van der Waals surface area (Å²) in [5.41, 5.74) is 0.342. The summed E-state index contributed by atoms with van der Waals surface area (Å²) in [5.74, 6) is 4.49. The molecule has 1 aromatic rings. The van der Waals surface area contributed by atoms with Gasteiger partial charge in [0.2, 0.25) is 0 Å². The van der Waals surface area contributed by atoms with Crippen LogP contribution < -0.4 is 16.6 Å². The Bertz CT molecular complexity index is 492. The van der Waals surface area contributed by atoms with E-state index in [2.05, 4.69) is 5.32 Å². The molecule has 21 heavy (non-hydrogen) atoms. The van der Waals surface area contributed by atoms with Crippen LogP contribution in [-0.2, 0) is 10.9 Å². The normalized spacial score (nSPS) is 12.9. The Morgan fingerprint density at radius 2 is 2.10 bits per heavy atom. The average molecular weight is 305 g/mol. The summed E-state index contributed by atoms with van der Waals surface area (Å²) in [6.07, 6.45) is -4.60. The first-order chi connectivity index (χ1) is 9.81. The maximum Gasteiger partial charge on any atom is 0.418 e. The zero-order chi connectivity index (χ0) is 16.0. The number of hydrogen-bond acceptors (Lipinski definition) is 4. The van der Waals surface area contributed by atoms with Crippen molar-refractivity contribution >= 4 is 11.6 Å². The van der Waals surface area contributed by atoms with E-state index in [1.54, 1.807) is 13.8 Å². The van der Waals surface area contributed by atoms with E-state index in [-0.39, 0.29) is 18.2 Å². The number of hydrogen-bond donors (Lipinski definition) is 3. The topological polar surface area (TPSA) is 76.4 Å². The number of carbonyl (C=O) groups is 1. The third kappa shape index (κ3) is 4.61. The molecule has 0 saturated heterocycles. The SMILES string of the molecule is CCOCC(C)NC(=O)c1cccc(C(F)(F)F)c1NN. The van der Waals surface area contributed by atoms with Gasteiger partial charge in [-0.25, -0.2) is 0 Å². The molecule has 0 aliphatic carbocycles. The van der Waals surface area contributed by atoms with Gasteiger partial charge in [0, 0.05) is 12.6 Å². The maximum absolute atomic E-state index is 12.9. The molecule has 0 spiro atoms. The number of nitrogen functional groups attached to an aromatic ring is 1. The Labute approximate surface area is 120 Å². The van der Waals surface area contributed by atoms with Crippen molar-refractivity contribution in [2.24, 2.45) is 5.84 Å². The second kappa shape index (κ2) is 7.28. The van der Waals surface area contributed by atoms with Gasteiger partial charge in [-0.2, -0.15) is 13.2 Å². The van der Waals surface area contributed by atoms with E-state index in [1.165, 1.54) is 6.07 Å². The molecule has 1 aromatic carbocycles. The minimum atomic E-state index is -4.60. The second-order valence-corrected chi connectivity index (χ2v) is 4.40. The highest BCUT2D eigenvalue weighted by atomic mass is 19.4. The molecule has 0 aliphatic heterocycles. The van der Waals surface area contributed by atoms with E-state index in [0.29, 0.717) is 6.61 Å². The van der Waals surface area contributed by atoms with Gasteiger partial charge in [0.25, 0.3) is 5.91 Å². The van der Waals surface area contributed by atoms with Gasteiger partial charge in [0.1, 0.15) is 0 Å². The molecule has 4 N–H and O–H groups in total. The van der Waals surface area contributed by atoms with E-state index in [9.17, 15) is 18.0 Å². The van der Waals surface area contributed by atoms with Crippen LogP contribution in [0.1, 0.15) is 29.8 Å². The number of hydrazine groups is 1. The Hall–Kier alpha value is -1.80. The molecule has 0 fully saturated rings. The highest BCUT2D eigenvalue weighted by Crippen LogP contribution is 2.36. The molecule has 0 heterocycles. The van der Waals surface area contributed by atoms with Crippen molar-refractivity contribution in [3.8, 4) is 0 Å². The molecule has 1 rings (SSSR count). The summed E-state index contributed by atoms with van der Waals surface area (Å²) in [6.45, 7) is 4.25. The van der Waals surface area contributed by atoms with Crippen LogP contribution in [0.4, 0.5) is 18.9 Å². The van der Waals surface area contributed by atoms with Crippen molar-refractivity contribution in [2.75, 3.05) is 18.6 Å². The molecule has 0 aliphatic rings. The van der Waals surface area contributed by atoms with E-state index in [1.807, 2.05) is 5.43 Å². The first-order valence-electron chi connectivity index (χ1n) is 6.36. The van der Waals surface area contributed by atoms with Crippen molar-refractivity contribution in [3.63, 3.8) is 0 Å². The molecule has 5 nitrogen and oxygen atoms in total. The smallest absolute Gasteiger partial charge is 0.380 e. The minimum Gasteiger partial charge on any atom is -0.380 e. The van der Waals surface area contributed by atoms with E-state index < -0.39 is 23.3 Å². The molecule has 8 heteroatoms. The number of carbonyl (C=O) groups excluding carboxylic acids is 1. The molecule has 118 valence electrons. The third-order valence-electron chi connectivity index (χ3n) is 2.71. The van der Waals surface area contributed by atoms with Crippen LogP contribution in [0.25, 0.3) is 0 Å². The number of rotatable bonds is 6. The molecule has 1 atom stereocenters. The number of alkyl halides is 3. The fraction of sp³-hybridized carbons (Fsp3) is 0.462. The summed E-state index contributed by atoms with van der Waals surface area (Å²) in [6, 6.07) is 2.95. The number of nitrogens with one attached hydrogen (secondary N) is 2. The van der Waals surface area contributed by atoms with Crippen LogP contribution in [0, 0.1) is 0 Å². The highest BCUT2D eigenvalue weighted by Gasteiger charge is 2.35. The van der Waals surface area contributed by atoms with Gasteiger partial charge in [0.15, 0.2) is 0 Å². The van der Waals surface area contributed by atoms with E-state index in [4.69, 9.17) is 10.6 Å². The Morgan fingerprint density at radius 3 is 2.62 bits per heavy atom. The Kier molecular flexibility index (Phi) is 5.98. The lowest BCUT2D eigenvalue weighted by atomic mass is 10.1. The first kappa shape index (κ1) is 17.3. The summed E-state index contributed by atoms with van der Waals surface area (Å²) < 4.78 is 43.7. The van der Waals surface area contributed by atoms with Crippen LogP contribution in [0.3, 0.4) is 0 Å². The van der Waals surface area contributed by atoms with Crippen molar-refractivity contribution in [3.05, 3.63) is 29.3 Å². The van der Waals surface area contributed by atoms with Crippen LogP contribution in [0.5, 0.6) is 0 Å². The first-order valence-corrected chi connectivity index (χ1v) is 6.36. The third-order valence-corrected chi connectivity index (χ3v) is 2.71. The predicted molar refractivity (Wildman–Crippen MR) is 72.7 cm³/mol. The average Bonchev–Trinajstić information content (AvgIpc) is 2.43. The summed E-state index contributed by atoms with van der Waals surface area (Å²) in [7, 11) is 0. The zero-order valence-electron chi connectivity index (χ0n) is 11.8. The van der Waals surface area contributed by atoms with E-state index in [0.717, 1.165) is 12.1 Å². The van der Waals surface area contributed by atoms with Crippen LogP contribution in [-0.4, -0.2) is 25.2 Å². The van der Waals surface area contributed by atoms with E-state index >= 15 is 0 Å². The predicted octanol–water partition coefficient (Wildman–Crippen LogP) is 2.15. The van der Waals surface area contributed by atoms with Crippen molar-refractivity contribution in [2.45, 2.75) is 26.1 Å². The fourth-order valence-corrected chi connectivity index (χ4v) is 1.77. The van der Waals surface area contributed by atoms with Crippen LogP contribution in [0.2, 0.25) is 0 Å². The summed E-state index contributed by atoms with van der Waals surface area (Å²) in [5, 5.41) is 2.56. The van der Waals surface area contributed by atoms with Gasteiger partial charge >= 0.3 is 6.18 Å². The standard InChI is InChI=1S/C13H18F3N3O2/c1-3-21-7-8(2)18-12(20)9-5-4-6-10(11(9)19-17)13(14,15)16/h4-6,8,19H,3,7,17H2,1-2H3,(H,18,20).